The van der Waals surface area contributed by atoms with E-state index in [1.165, 1.54) is 5.56 Å². The van der Waals surface area contributed by atoms with Gasteiger partial charge in [-0.3, -0.25) is 4.68 Å². The highest BCUT2D eigenvalue weighted by Crippen LogP contribution is 2.14. The van der Waals surface area contributed by atoms with Gasteiger partial charge in [-0.25, -0.2) is 9.97 Å². The molecule has 2 rings (SSSR count). The van der Waals surface area contributed by atoms with Gasteiger partial charge in [0.2, 0.25) is 0 Å². The summed E-state index contributed by atoms with van der Waals surface area (Å²) in [6.07, 6.45) is 2.70. The lowest BCUT2D eigenvalue weighted by molar-refractivity contribution is 0.738. The number of hydrogen-bond acceptors (Lipinski definition) is 5. The van der Waals surface area contributed by atoms with Crippen molar-refractivity contribution in [3.8, 4) is 0 Å². The van der Waals surface area contributed by atoms with E-state index in [0.29, 0.717) is 6.54 Å². The highest BCUT2D eigenvalue weighted by molar-refractivity contribution is 5.48. The Kier molecular flexibility index (Phi) is 4.55. The third-order valence-corrected chi connectivity index (χ3v) is 3.24. The molecule has 0 aliphatic rings. The second-order valence-electron chi connectivity index (χ2n) is 4.67. The monoisotopic (exact) mass is 274 g/mol. The van der Waals surface area contributed by atoms with Crippen LogP contribution >= 0.6 is 0 Å². The lowest BCUT2D eigenvalue weighted by atomic mass is 10.2. The number of anilines is 2. The van der Waals surface area contributed by atoms with Crippen LogP contribution in [-0.2, 0) is 20.0 Å². The molecule has 0 aliphatic heterocycles. The molecule has 0 fully saturated rings. The average Bonchev–Trinajstić information content (AvgIpc) is 2.77. The third kappa shape index (κ3) is 3.26. The number of hydrogen-bond donors (Lipinski definition) is 2. The molecule has 2 aromatic rings. The van der Waals surface area contributed by atoms with Crippen LogP contribution in [0.5, 0.6) is 0 Å². The third-order valence-electron chi connectivity index (χ3n) is 3.24. The molecule has 0 amide bonds. The van der Waals surface area contributed by atoms with Crippen LogP contribution in [0.3, 0.4) is 0 Å². The summed E-state index contributed by atoms with van der Waals surface area (Å²) in [7, 11) is 1.95. The molecule has 0 spiro atoms. The van der Waals surface area contributed by atoms with Crippen LogP contribution in [0.1, 0.15) is 30.9 Å². The largest absolute Gasteiger partial charge is 0.370 e. The highest BCUT2D eigenvalue weighted by Gasteiger charge is 2.06. The molecule has 6 nitrogen and oxygen atoms in total. The smallest absolute Gasteiger partial charge is 0.132 e. The van der Waals surface area contributed by atoms with Crippen molar-refractivity contribution in [3.63, 3.8) is 0 Å². The summed E-state index contributed by atoms with van der Waals surface area (Å²) in [6, 6.07) is 1.94. The van der Waals surface area contributed by atoms with Crippen LogP contribution in [-0.4, -0.2) is 26.3 Å². The van der Waals surface area contributed by atoms with Crippen LogP contribution < -0.4 is 10.6 Å². The Morgan fingerprint density at radius 1 is 1.15 bits per heavy atom. The van der Waals surface area contributed by atoms with Crippen LogP contribution in [0.4, 0.5) is 11.6 Å². The predicted octanol–water partition coefficient (Wildman–Crippen LogP) is 2.12. The highest BCUT2D eigenvalue weighted by atomic mass is 15.3. The van der Waals surface area contributed by atoms with Gasteiger partial charge in [0.05, 0.1) is 6.20 Å². The summed E-state index contributed by atoms with van der Waals surface area (Å²) in [5, 5.41) is 10.8. The summed E-state index contributed by atoms with van der Waals surface area (Å²) >= 11 is 0. The Morgan fingerprint density at radius 2 is 1.85 bits per heavy atom. The van der Waals surface area contributed by atoms with E-state index in [2.05, 4.69) is 46.5 Å². The molecule has 2 heterocycles. The van der Waals surface area contributed by atoms with Crippen molar-refractivity contribution in [1.29, 1.82) is 0 Å². The maximum atomic E-state index is 4.50. The van der Waals surface area contributed by atoms with E-state index in [0.717, 1.165) is 36.1 Å². The number of nitrogens with zero attached hydrogens (tertiary/aromatic N) is 4. The van der Waals surface area contributed by atoms with Crippen LogP contribution in [0, 0.1) is 6.92 Å². The fourth-order valence-corrected chi connectivity index (χ4v) is 1.92. The molecule has 0 aliphatic carbocycles. The van der Waals surface area contributed by atoms with Crippen molar-refractivity contribution in [1.82, 2.24) is 19.7 Å². The second-order valence-corrected chi connectivity index (χ2v) is 4.67. The molecule has 0 radical (unpaired) electrons. The molecule has 0 atom stereocenters. The number of rotatable bonds is 6. The zero-order valence-corrected chi connectivity index (χ0v) is 12.6. The van der Waals surface area contributed by atoms with Gasteiger partial charge in [0, 0.05) is 43.9 Å². The first-order valence-electron chi connectivity index (χ1n) is 6.97. The first-order chi connectivity index (χ1) is 9.63. The Labute approximate surface area is 119 Å². The summed E-state index contributed by atoms with van der Waals surface area (Å²) < 4.78 is 1.87. The lowest BCUT2D eigenvalue weighted by Crippen LogP contribution is -2.08. The molecule has 0 unspecified atom stereocenters. The number of aryl methyl sites for hydroxylation is 2. The quantitative estimate of drug-likeness (QED) is 0.844. The fourth-order valence-electron chi connectivity index (χ4n) is 1.92. The molecule has 20 heavy (non-hydrogen) atoms. The molecule has 0 saturated carbocycles. The minimum atomic E-state index is 0.714. The van der Waals surface area contributed by atoms with Gasteiger partial charge < -0.3 is 10.6 Å². The SMILES string of the molecule is CCNc1cc(NCc2cnn(C)c2C)nc(CC)n1. The maximum absolute atomic E-state index is 4.50. The van der Waals surface area contributed by atoms with E-state index in [-0.39, 0.29) is 0 Å². The van der Waals surface area contributed by atoms with E-state index in [1.54, 1.807) is 0 Å². The van der Waals surface area contributed by atoms with Crippen molar-refractivity contribution in [2.24, 2.45) is 7.05 Å². The summed E-state index contributed by atoms with van der Waals surface area (Å²) in [4.78, 5) is 8.94. The van der Waals surface area contributed by atoms with Crippen molar-refractivity contribution in [2.45, 2.75) is 33.7 Å². The molecular formula is C14H22N6. The van der Waals surface area contributed by atoms with E-state index in [9.17, 15) is 0 Å². The zero-order chi connectivity index (χ0) is 14.5. The summed E-state index contributed by atoms with van der Waals surface area (Å²) in [5.74, 6) is 2.55. The zero-order valence-electron chi connectivity index (χ0n) is 12.6. The first kappa shape index (κ1) is 14.3. The molecular weight excluding hydrogens is 252 g/mol. The topological polar surface area (TPSA) is 67.7 Å². The molecule has 0 saturated heterocycles. The Morgan fingerprint density at radius 3 is 2.40 bits per heavy atom. The number of aromatic nitrogens is 4. The van der Waals surface area contributed by atoms with Gasteiger partial charge in [0.1, 0.15) is 17.5 Å². The van der Waals surface area contributed by atoms with Gasteiger partial charge in [0.25, 0.3) is 0 Å². The van der Waals surface area contributed by atoms with Gasteiger partial charge in [-0.1, -0.05) is 6.92 Å². The first-order valence-corrected chi connectivity index (χ1v) is 6.97. The molecule has 108 valence electrons. The van der Waals surface area contributed by atoms with Gasteiger partial charge >= 0.3 is 0 Å². The van der Waals surface area contributed by atoms with Crippen molar-refractivity contribution in [2.75, 3.05) is 17.2 Å². The Bertz CT molecular complexity index is 575. The van der Waals surface area contributed by atoms with E-state index in [1.807, 2.05) is 24.0 Å². The van der Waals surface area contributed by atoms with Gasteiger partial charge in [-0.05, 0) is 13.8 Å². The minimum Gasteiger partial charge on any atom is -0.370 e. The standard InChI is InChI=1S/C14H22N6/c1-5-12-18-13(15-6-2)7-14(19-12)16-8-11-9-17-20(4)10(11)3/h7,9H,5-6,8H2,1-4H3,(H2,15,16,18,19). The molecule has 2 aromatic heterocycles. The molecule has 2 N–H and O–H groups in total. The summed E-state index contributed by atoms with van der Waals surface area (Å²) in [5.41, 5.74) is 2.34. The molecule has 6 heteroatoms. The second kappa shape index (κ2) is 6.36. The van der Waals surface area contributed by atoms with E-state index < -0.39 is 0 Å². The van der Waals surface area contributed by atoms with Gasteiger partial charge in [-0.15, -0.1) is 0 Å². The van der Waals surface area contributed by atoms with Crippen LogP contribution in [0.15, 0.2) is 12.3 Å². The fraction of sp³-hybridized carbons (Fsp3) is 0.500. The predicted molar refractivity (Wildman–Crippen MR) is 80.8 cm³/mol. The minimum absolute atomic E-state index is 0.714. The Balaban J connectivity index is 2.12. The van der Waals surface area contributed by atoms with Gasteiger partial charge in [-0.2, -0.15) is 5.10 Å². The molecule has 0 aromatic carbocycles. The van der Waals surface area contributed by atoms with Gasteiger partial charge in [0.15, 0.2) is 0 Å². The number of nitrogens with one attached hydrogen (secondary N) is 2. The average molecular weight is 274 g/mol. The van der Waals surface area contributed by atoms with Crippen LogP contribution in [0.2, 0.25) is 0 Å². The maximum Gasteiger partial charge on any atom is 0.132 e. The van der Waals surface area contributed by atoms with Crippen molar-refractivity contribution in [3.05, 3.63) is 29.3 Å². The van der Waals surface area contributed by atoms with Crippen molar-refractivity contribution >= 4 is 11.6 Å². The van der Waals surface area contributed by atoms with E-state index >= 15 is 0 Å². The lowest BCUT2D eigenvalue weighted by Gasteiger charge is -2.10. The molecule has 0 bridgehead atoms. The van der Waals surface area contributed by atoms with Crippen molar-refractivity contribution < 1.29 is 0 Å². The van der Waals surface area contributed by atoms with Crippen LogP contribution in [0.25, 0.3) is 0 Å². The Hall–Kier alpha value is -2.11. The summed E-state index contributed by atoms with van der Waals surface area (Å²) in [6.45, 7) is 7.73. The van der Waals surface area contributed by atoms with E-state index in [4.69, 9.17) is 0 Å². The normalized spacial score (nSPS) is 10.6.